The van der Waals surface area contributed by atoms with Crippen LogP contribution in [0.25, 0.3) is 0 Å². The van der Waals surface area contributed by atoms with E-state index in [2.05, 4.69) is 29.0 Å². The first-order valence-corrected chi connectivity index (χ1v) is 9.10. The SMILES string of the molecule is CC(C)S(=O)(=O)N[C@@H]1COC[C@@H]1c1cc[c]([AlH2])cc1. The van der Waals surface area contributed by atoms with Crippen molar-refractivity contribution in [2.24, 2.45) is 0 Å². The summed E-state index contributed by atoms with van der Waals surface area (Å²) in [5, 5.41) is -0.419. The molecule has 2 rings (SSSR count). The topological polar surface area (TPSA) is 55.4 Å². The summed E-state index contributed by atoms with van der Waals surface area (Å²) in [7, 11) is -3.25. The second-order valence-electron chi connectivity index (χ2n) is 5.37. The second kappa shape index (κ2) is 5.94. The van der Waals surface area contributed by atoms with Crippen molar-refractivity contribution >= 4 is 30.7 Å². The molecule has 1 aromatic rings. The largest absolute Gasteiger partial charge is 0.379 e. The van der Waals surface area contributed by atoms with Crippen LogP contribution in [0.3, 0.4) is 0 Å². The van der Waals surface area contributed by atoms with E-state index in [0.29, 0.717) is 13.2 Å². The average molecular weight is 297 g/mol. The van der Waals surface area contributed by atoms with E-state index in [0.717, 1.165) is 21.9 Å². The molecule has 1 N–H and O–H groups in total. The number of hydrogen-bond donors (Lipinski definition) is 1. The second-order valence-corrected chi connectivity index (χ2v) is 8.80. The number of hydrogen-bond acceptors (Lipinski definition) is 3. The van der Waals surface area contributed by atoms with Crippen molar-refractivity contribution in [3.63, 3.8) is 0 Å². The third-order valence-corrected chi connectivity index (χ3v) is 6.06. The van der Waals surface area contributed by atoms with Crippen LogP contribution in [0.5, 0.6) is 0 Å². The normalized spacial score (nSPS) is 23.9. The maximum absolute atomic E-state index is 12.0. The Kier molecular flexibility index (Phi) is 4.70. The summed E-state index contributed by atoms with van der Waals surface area (Å²) in [6, 6.07) is 8.21. The van der Waals surface area contributed by atoms with Crippen LogP contribution in [0.15, 0.2) is 24.3 Å². The number of ether oxygens (including phenoxy) is 1. The third-order valence-electron chi connectivity index (χ3n) is 3.52. The van der Waals surface area contributed by atoms with E-state index >= 15 is 0 Å². The molecule has 0 amide bonds. The van der Waals surface area contributed by atoms with E-state index in [4.69, 9.17) is 4.74 Å². The van der Waals surface area contributed by atoms with Gasteiger partial charge in [-0.2, -0.15) is 0 Å². The molecule has 0 aromatic heterocycles. The first kappa shape index (κ1) is 15.0. The summed E-state index contributed by atoms with van der Waals surface area (Å²) >= 11 is 1.03. The van der Waals surface area contributed by atoms with E-state index < -0.39 is 15.3 Å². The fraction of sp³-hybridized carbons (Fsp3) is 0.538. The summed E-state index contributed by atoms with van der Waals surface area (Å²) in [6.45, 7) is 4.39. The quantitative estimate of drug-likeness (QED) is 0.780. The van der Waals surface area contributed by atoms with Crippen molar-refractivity contribution in [3.8, 4) is 0 Å². The predicted octanol–water partition coefficient (Wildman–Crippen LogP) is -0.245. The molecule has 1 aliphatic rings. The van der Waals surface area contributed by atoms with Gasteiger partial charge in [0.05, 0.1) is 24.5 Å². The van der Waals surface area contributed by atoms with Gasteiger partial charge < -0.3 is 4.74 Å². The van der Waals surface area contributed by atoms with E-state index in [1.807, 2.05) is 0 Å². The molecule has 19 heavy (non-hydrogen) atoms. The highest BCUT2D eigenvalue weighted by molar-refractivity contribution is 7.90. The van der Waals surface area contributed by atoms with Gasteiger partial charge in [-0.1, -0.05) is 24.3 Å². The van der Waals surface area contributed by atoms with Gasteiger partial charge in [0.25, 0.3) is 16.3 Å². The van der Waals surface area contributed by atoms with E-state index in [-0.39, 0.29) is 12.0 Å². The Labute approximate surface area is 123 Å². The summed E-state index contributed by atoms with van der Waals surface area (Å²) in [4.78, 5) is 0. The number of rotatable bonds is 4. The van der Waals surface area contributed by atoms with Crippen LogP contribution >= 0.6 is 0 Å². The fourth-order valence-corrected chi connectivity index (χ4v) is 3.42. The zero-order valence-corrected chi connectivity index (χ0v) is 14.4. The molecule has 0 unspecified atom stereocenters. The highest BCUT2D eigenvalue weighted by Gasteiger charge is 2.33. The lowest BCUT2D eigenvalue weighted by molar-refractivity contribution is 0.189. The minimum Gasteiger partial charge on any atom is -0.379 e. The van der Waals surface area contributed by atoms with Gasteiger partial charge in [0.15, 0.2) is 0 Å². The van der Waals surface area contributed by atoms with Crippen molar-refractivity contribution in [1.82, 2.24) is 4.72 Å². The lowest BCUT2D eigenvalue weighted by atomic mass is 9.95. The lowest BCUT2D eigenvalue weighted by Crippen LogP contribution is -2.42. The maximum atomic E-state index is 12.0. The van der Waals surface area contributed by atoms with Crippen molar-refractivity contribution in [3.05, 3.63) is 29.8 Å². The fourth-order valence-electron chi connectivity index (χ4n) is 2.16. The summed E-state index contributed by atoms with van der Waals surface area (Å²) < 4.78 is 33.5. The van der Waals surface area contributed by atoms with Crippen LogP contribution in [0, 0.1) is 0 Å². The van der Waals surface area contributed by atoms with Crippen molar-refractivity contribution in [1.29, 1.82) is 0 Å². The lowest BCUT2D eigenvalue weighted by Gasteiger charge is -2.21. The zero-order chi connectivity index (χ0) is 14.0. The average Bonchev–Trinajstić information content (AvgIpc) is 2.77. The first-order chi connectivity index (χ1) is 8.90. The van der Waals surface area contributed by atoms with Crippen molar-refractivity contribution in [2.75, 3.05) is 13.2 Å². The molecule has 0 spiro atoms. The highest BCUT2D eigenvalue weighted by atomic mass is 32.2. The van der Waals surface area contributed by atoms with Gasteiger partial charge in [-0.15, -0.1) is 4.43 Å². The van der Waals surface area contributed by atoms with Crippen LogP contribution in [-0.2, 0) is 14.8 Å². The van der Waals surface area contributed by atoms with Gasteiger partial charge in [0.2, 0.25) is 10.0 Å². The van der Waals surface area contributed by atoms with Crippen LogP contribution < -0.4 is 9.15 Å². The number of sulfonamides is 1. The van der Waals surface area contributed by atoms with E-state index in [1.165, 1.54) is 4.43 Å². The standard InChI is InChI=1S/C13H18NO3S.Al.2H/c1-10(2)18(15,16)14-13-9-17-8-12(13)11-6-4-3-5-7-11;;;/h4-7,10,12-14H,8-9H2,1-2H3;;;/t12-,13-;;;/m1.../s1. The molecular weight excluding hydrogens is 277 g/mol. The van der Waals surface area contributed by atoms with E-state index in [1.54, 1.807) is 13.8 Å². The van der Waals surface area contributed by atoms with Gasteiger partial charge in [0.1, 0.15) is 0 Å². The van der Waals surface area contributed by atoms with Crippen molar-refractivity contribution in [2.45, 2.75) is 31.1 Å². The van der Waals surface area contributed by atoms with Gasteiger partial charge in [0, 0.05) is 5.92 Å². The molecule has 2 atom stereocenters. The van der Waals surface area contributed by atoms with Gasteiger partial charge in [-0.25, -0.2) is 13.1 Å². The van der Waals surface area contributed by atoms with Crippen molar-refractivity contribution < 1.29 is 13.2 Å². The molecule has 0 saturated carbocycles. The monoisotopic (exact) mass is 297 g/mol. The van der Waals surface area contributed by atoms with Crippen LogP contribution in [-0.4, -0.2) is 49.2 Å². The van der Waals surface area contributed by atoms with Crippen LogP contribution in [0.2, 0.25) is 0 Å². The molecule has 1 aromatic carbocycles. The molecule has 104 valence electrons. The third kappa shape index (κ3) is 3.59. The zero-order valence-electron chi connectivity index (χ0n) is 11.6. The highest BCUT2D eigenvalue weighted by Crippen LogP contribution is 2.26. The molecule has 0 radical (unpaired) electrons. The molecular formula is C13H20AlNO3S. The Morgan fingerprint density at radius 2 is 1.89 bits per heavy atom. The minimum absolute atomic E-state index is 0.107. The molecule has 1 fully saturated rings. The Balaban J connectivity index is 2.15. The summed E-state index contributed by atoms with van der Waals surface area (Å²) in [5.41, 5.74) is 1.15. The molecule has 0 bridgehead atoms. The maximum Gasteiger partial charge on any atom is 0.258 e. The van der Waals surface area contributed by atoms with Gasteiger partial charge in [-0.3, -0.25) is 0 Å². The Morgan fingerprint density at radius 3 is 2.47 bits per heavy atom. The minimum atomic E-state index is -3.25. The summed E-state index contributed by atoms with van der Waals surface area (Å²) in [5.74, 6) is 0.107. The number of benzene rings is 1. The predicted molar refractivity (Wildman–Crippen MR) is 79.2 cm³/mol. The molecule has 1 saturated heterocycles. The van der Waals surface area contributed by atoms with Crippen LogP contribution in [0.1, 0.15) is 25.3 Å². The van der Waals surface area contributed by atoms with Crippen LogP contribution in [0.4, 0.5) is 0 Å². The Hall–Kier alpha value is -0.378. The number of nitrogens with one attached hydrogen (secondary N) is 1. The molecule has 1 aliphatic heterocycles. The molecule has 4 nitrogen and oxygen atoms in total. The Bertz CT molecular complexity index is 527. The van der Waals surface area contributed by atoms with Gasteiger partial charge in [-0.05, 0) is 19.4 Å². The summed E-state index contributed by atoms with van der Waals surface area (Å²) in [6.07, 6.45) is 0. The van der Waals surface area contributed by atoms with Gasteiger partial charge >= 0.3 is 0 Å². The first-order valence-electron chi connectivity index (χ1n) is 6.55. The molecule has 6 heteroatoms. The molecule has 1 heterocycles. The molecule has 0 aliphatic carbocycles. The smallest absolute Gasteiger partial charge is 0.258 e. The Morgan fingerprint density at radius 1 is 1.26 bits per heavy atom. The van der Waals surface area contributed by atoms with E-state index in [9.17, 15) is 8.42 Å².